The zero-order valence-electron chi connectivity index (χ0n) is 30.6. The van der Waals surface area contributed by atoms with Crippen LogP contribution in [0.4, 0.5) is 14.6 Å². The van der Waals surface area contributed by atoms with Gasteiger partial charge in [-0.1, -0.05) is 98.0 Å². The molecule has 1 aliphatic rings. The molecule has 5 N–H and O–H groups in total. The Kier molecular flexibility index (Phi) is 19.6. The Bertz CT molecular complexity index is 1710. The Labute approximate surface area is 315 Å². The Morgan fingerprint density at radius 1 is 0.944 bits per heavy atom. The van der Waals surface area contributed by atoms with E-state index in [1.54, 1.807) is 18.2 Å². The summed E-state index contributed by atoms with van der Waals surface area (Å²) in [5.41, 5.74) is 4.34. The SMILES string of the molecule is CCC=CCC=CCC=CCC=CCC=CCC=CCCC(=O)NCCNP(=O)(OCC1OC(n2ccc(N)nc2=O)C(F)(F)C1O)Oc1ccccc1. The van der Waals surface area contributed by atoms with Gasteiger partial charge in [-0.3, -0.25) is 13.9 Å². The molecule has 0 saturated carbocycles. The number of rotatable bonds is 24. The molecule has 3 rings (SSSR count). The molecular weight excluding hydrogens is 719 g/mol. The molecule has 4 atom stereocenters. The second kappa shape index (κ2) is 24.0. The third-order valence-electron chi connectivity index (χ3n) is 7.75. The van der Waals surface area contributed by atoms with Crippen LogP contribution in [0.3, 0.4) is 0 Å². The Morgan fingerprint density at radius 3 is 2.09 bits per heavy atom. The molecule has 15 heteroatoms. The molecular formula is C39H52F2N5O7P. The summed E-state index contributed by atoms with van der Waals surface area (Å²) in [6, 6.07) is 9.13. The van der Waals surface area contributed by atoms with Crippen molar-refractivity contribution < 1.29 is 37.0 Å². The second-order valence-corrected chi connectivity index (χ2v) is 13.8. The lowest BCUT2D eigenvalue weighted by molar-refractivity contribution is -0.140. The number of aliphatic hydroxyl groups is 1. The second-order valence-electron chi connectivity index (χ2n) is 12.1. The number of aromatic nitrogens is 2. The predicted molar refractivity (Wildman–Crippen MR) is 207 cm³/mol. The maximum Gasteiger partial charge on any atom is 0.458 e. The quantitative estimate of drug-likeness (QED) is 0.0491. The first-order chi connectivity index (χ1) is 26.1. The number of nitrogens with two attached hydrogens (primary N) is 1. The maximum atomic E-state index is 15.0. The van der Waals surface area contributed by atoms with E-state index in [2.05, 4.69) is 83.1 Å². The molecule has 0 bridgehead atoms. The zero-order chi connectivity index (χ0) is 39.1. The van der Waals surface area contributed by atoms with Gasteiger partial charge in [0, 0.05) is 25.7 Å². The maximum absolute atomic E-state index is 15.0. The number of para-hydroxylation sites is 1. The highest BCUT2D eigenvalue weighted by molar-refractivity contribution is 7.52. The standard InChI is InChI=1S/C39H52F2N5O7P/c1-2-3-4-5-6-7-8-9-10-11-12-13-14-15-16-17-18-19-23-26-35(47)43-28-29-44-54(50,53-32-24-21-20-22-25-32)51-31-33-36(48)39(40,41)37(52-33)46-30-27-34(42)45-38(46)49/h3-4,6-7,9-10,12-13,15-16,18-22,24-25,27,30,33,36-37,48H,2,5,8,11,14,17,23,26,28-29,31H2,1H3,(H,43,47)(H,44,50)(H2,42,45,49). The fourth-order valence-corrected chi connectivity index (χ4v) is 6.28. The smallest absolute Gasteiger partial charge is 0.413 e. The van der Waals surface area contributed by atoms with Gasteiger partial charge in [0.05, 0.1) is 6.61 Å². The Balaban J connectivity index is 1.36. The van der Waals surface area contributed by atoms with Gasteiger partial charge in [0.25, 0.3) is 0 Å². The molecule has 12 nitrogen and oxygen atoms in total. The molecule has 1 aromatic heterocycles. The van der Waals surface area contributed by atoms with Crippen LogP contribution in [0.15, 0.2) is 120 Å². The summed E-state index contributed by atoms with van der Waals surface area (Å²) >= 11 is 0. The fourth-order valence-electron chi connectivity index (χ4n) is 4.94. The van der Waals surface area contributed by atoms with Crippen LogP contribution in [0.5, 0.6) is 5.75 Å². The van der Waals surface area contributed by atoms with Gasteiger partial charge in [0.2, 0.25) is 12.1 Å². The molecule has 0 aliphatic carbocycles. The molecule has 1 amide bonds. The van der Waals surface area contributed by atoms with Crippen molar-refractivity contribution in [2.24, 2.45) is 0 Å². The van der Waals surface area contributed by atoms with Crippen molar-refractivity contribution in [2.75, 3.05) is 25.4 Å². The van der Waals surface area contributed by atoms with E-state index in [4.69, 9.17) is 19.5 Å². The molecule has 4 unspecified atom stereocenters. The Morgan fingerprint density at radius 2 is 1.52 bits per heavy atom. The van der Waals surface area contributed by atoms with Gasteiger partial charge < -0.3 is 25.4 Å². The van der Waals surface area contributed by atoms with Crippen molar-refractivity contribution in [3.05, 3.63) is 126 Å². The minimum atomic E-state index is -4.25. The van der Waals surface area contributed by atoms with E-state index in [0.29, 0.717) is 11.0 Å². The van der Waals surface area contributed by atoms with Gasteiger partial charge in [-0.2, -0.15) is 13.8 Å². The molecule has 1 fully saturated rings. The summed E-state index contributed by atoms with van der Waals surface area (Å²) < 4.78 is 60.4. The fraction of sp³-hybridized carbons (Fsp3) is 0.410. The number of alkyl halides is 2. The van der Waals surface area contributed by atoms with Gasteiger partial charge in [0.1, 0.15) is 17.7 Å². The monoisotopic (exact) mass is 771 g/mol. The lowest BCUT2D eigenvalue weighted by Gasteiger charge is -2.22. The lowest BCUT2D eigenvalue weighted by Crippen LogP contribution is -2.42. The summed E-state index contributed by atoms with van der Waals surface area (Å²) in [5.74, 6) is -4.17. The number of hydrogen-bond acceptors (Lipinski definition) is 9. The Hall–Kier alpha value is -4.46. The number of hydrogen-bond donors (Lipinski definition) is 4. The third-order valence-corrected chi connectivity index (χ3v) is 9.30. The van der Waals surface area contributed by atoms with Crippen molar-refractivity contribution in [3.8, 4) is 5.75 Å². The highest BCUT2D eigenvalue weighted by Gasteiger charge is 2.60. The van der Waals surface area contributed by atoms with Crippen molar-refractivity contribution >= 4 is 19.5 Å². The number of allylic oxidation sites excluding steroid dienone is 12. The van der Waals surface area contributed by atoms with E-state index in [9.17, 15) is 28.0 Å². The van der Waals surface area contributed by atoms with Crippen LogP contribution < -0.4 is 26.4 Å². The summed E-state index contributed by atoms with van der Waals surface area (Å²) in [6.07, 6.45) is 26.3. The number of carbonyl (C=O) groups is 1. The largest absolute Gasteiger partial charge is 0.458 e. The van der Waals surface area contributed by atoms with E-state index >= 15 is 0 Å². The average Bonchev–Trinajstić information content (AvgIpc) is 3.37. The number of anilines is 1. The van der Waals surface area contributed by atoms with Gasteiger partial charge in [-0.15, -0.1) is 0 Å². The number of aliphatic hydroxyl groups excluding tert-OH is 1. The number of nitrogens with one attached hydrogen (secondary N) is 2. The summed E-state index contributed by atoms with van der Waals surface area (Å²) in [6.45, 7) is 1.33. The summed E-state index contributed by atoms with van der Waals surface area (Å²) in [5, 5.41) is 15.7. The molecule has 54 heavy (non-hydrogen) atoms. The predicted octanol–water partition coefficient (Wildman–Crippen LogP) is 7.11. The normalized spacial score (nSPS) is 20.0. The van der Waals surface area contributed by atoms with Gasteiger partial charge in [-0.25, -0.2) is 14.4 Å². The van der Waals surface area contributed by atoms with Crippen molar-refractivity contribution in [2.45, 2.75) is 82.6 Å². The van der Waals surface area contributed by atoms with Crippen LogP contribution in [-0.4, -0.2) is 58.4 Å². The van der Waals surface area contributed by atoms with E-state index in [0.717, 1.165) is 50.8 Å². The van der Waals surface area contributed by atoms with E-state index in [1.165, 1.54) is 12.1 Å². The molecule has 294 valence electrons. The number of amides is 1. The van der Waals surface area contributed by atoms with Crippen molar-refractivity contribution in [1.82, 2.24) is 20.0 Å². The van der Waals surface area contributed by atoms with Crippen LogP contribution >= 0.6 is 7.75 Å². The minimum Gasteiger partial charge on any atom is -0.413 e. The van der Waals surface area contributed by atoms with Gasteiger partial charge in [-0.05, 0) is 63.1 Å². The number of nitrogen functional groups attached to an aromatic ring is 1. The molecule has 0 radical (unpaired) electrons. The topological polar surface area (TPSA) is 167 Å². The number of nitrogens with zero attached hydrogens (tertiary/aromatic N) is 2. The molecule has 1 saturated heterocycles. The number of ether oxygens (including phenoxy) is 1. The first-order valence-electron chi connectivity index (χ1n) is 18.0. The molecule has 2 aromatic rings. The number of benzene rings is 1. The van der Waals surface area contributed by atoms with E-state index < -0.39 is 44.4 Å². The number of halogens is 2. The molecule has 0 spiro atoms. The minimum absolute atomic E-state index is 0.0594. The molecule has 1 aliphatic heterocycles. The van der Waals surface area contributed by atoms with E-state index in [-0.39, 0.29) is 37.0 Å². The summed E-state index contributed by atoms with van der Waals surface area (Å²) in [7, 11) is -4.25. The van der Waals surface area contributed by atoms with E-state index in [1.807, 2.05) is 12.2 Å². The number of carbonyl (C=O) groups excluding carboxylic acids is 1. The first kappa shape index (κ1) is 43.9. The van der Waals surface area contributed by atoms with Crippen molar-refractivity contribution in [1.29, 1.82) is 0 Å². The molecule has 1 aromatic carbocycles. The summed E-state index contributed by atoms with van der Waals surface area (Å²) in [4.78, 5) is 27.9. The van der Waals surface area contributed by atoms with Crippen LogP contribution in [0, 0.1) is 0 Å². The molecule has 2 heterocycles. The average molecular weight is 772 g/mol. The third kappa shape index (κ3) is 15.9. The van der Waals surface area contributed by atoms with Crippen LogP contribution in [-0.2, 0) is 18.6 Å². The zero-order valence-corrected chi connectivity index (χ0v) is 31.4. The first-order valence-corrected chi connectivity index (χ1v) is 19.6. The highest BCUT2D eigenvalue weighted by Crippen LogP contribution is 2.47. The van der Waals surface area contributed by atoms with Crippen LogP contribution in [0.1, 0.15) is 64.5 Å². The van der Waals surface area contributed by atoms with Gasteiger partial charge >= 0.3 is 19.4 Å². The van der Waals surface area contributed by atoms with Crippen LogP contribution in [0.25, 0.3) is 0 Å². The highest BCUT2D eigenvalue weighted by atomic mass is 31.2. The van der Waals surface area contributed by atoms with Gasteiger partial charge in [0.15, 0.2) is 6.10 Å². The van der Waals surface area contributed by atoms with Crippen molar-refractivity contribution in [3.63, 3.8) is 0 Å². The van der Waals surface area contributed by atoms with Crippen LogP contribution in [0.2, 0.25) is 0 Å². The lowest BCUT2D eigenvalue weighted by atomic mass is 10.1.